The highest BCUT2D eigenvalue weighted by Crippen LogP contribution is 2.40. The summed E-state index contributed by atoms with van der Waals surface area (Å²) < 4.78 is 7.08. The van der Waals surface area contributed by atoms with Crippen LogP contribution in [0.25, 0.3) is 93.9 Å². The molecule has 0 N–H and O–H groups in total. The minimum absolute atomic E-state index is 0.891. The van der Waals surface area contributed by atoms with Crippen LogP contribution in [-0.4, -0.2) is 18.7 Å². The molecule has 0 amide bonds. The lowest BCUT2D eigenvalue weighted by atomic mass is 10.1. The Morgan fingerprint density at radius 3 is 1.39 bits per heavy atom. The highest BCUT2D eigenvalue weighted by Gasteiger charge is 2.19. The molecule has 0 fully saturated rings. The summed E-state index contributed by atoms with van der Waals surface area (Å²) in [6, 6.07) is 65.2. The van der Waals surface area contributed by atoms with Gasteiger partial charge in [0.05, 0.1) is 38.8 Å². The molecule has 0 bridgehead atoms. The van der Waals surface area contributed by atoms with Gasteiger partial charge in [-0.2, -0.15) is 0 Å². The minimum Gasteiger partial charge on any atom is -0.309 e. The second kappa shape index (κ2) is 10.8. The van der Waals surface area contributed by atoms with Crippen molar-refractivity contribution in [3.63, 3.8) is 0 Å². The van der Waals surface area contributed by atoms with E-state index in [4.69, 9.17) is 4.98 Å². The van der Waals surface area contributed by atoms with E-state index in [0.29, 0.717) is 0 Å². The van der Waals surface area contributed by atoms with Crippen LogP contribution in [0, 0.1) is 0 Å². The predicted octanol–water partition coefficient (Wildman–Crippen LogP) is 12.0. The van der Waals surface area contributed by atoms with E-state index in [-0.39, 0.29) is 0 Å². The van der Waals surface area contributed by atoms with E-state index in [1.807, 2.05) is 0 Å². The molecule has 0 saturated heterocycles. The van der Waals surface area contributed by atoms with Crippen molar-refractivity contribution in [2.45, 2.75) is 0 Å². The lowest BCUT2D eigenvalue weighted by Gasteiger charge is -2.12. The first kappa shape index (κ1) is 28.0. The van der Waals surface area contributed by atoms with Gasteiger partial charge >= 0.3 is 0 Å². The number of pyridine rings is 1. The Balaban J connectivity index is 1.13. The van der Waals surface area contributed by atoms with E-state index in [0.717, 1.165) is 39.5 Å². The number of benzene rings is 7. The highest BCUT2D eigenvalue weighted by atomic mass is 15.1. The molecule has 4 nitrogen and oxygen atoms in total. The molecule has 4 heteroatoms. The molecule has 238 valence electrons. The number of rotatable bonds is 4. The lowest BCUT2D eigenvalue weighted by Crippen LogP contribution is -1.99. The molecule has 0 radical (unpaired) electrons. The number of aromatic nitrogens is 4. The summed E-state index contributed by atoms with van der Waals surface area (Å²) in [6.07, 6.45) is 0. The van der Waals surface area contributed by atoms with E-state index in [9.17, 15) is 0 Å². The summed E-state index contributed by atoms with van der Waals surface area (Å²) in [7, 11) is 0. The van der Waals surface area contributed by atoms with E-state index < -0.39 is 0 Å². The number of hydrogen-bond acceptors (Lipinski definition) is 1. The van der Waals surface area contributed by atoms with Crippen LogP contribution >= 0.6 is 0 Å². The zero-order valence-electron chi connectivity index (χ0n) is 27.6. The molecular weight excluding hydrogens is 621 g/mol. The molecule has 51 heavy (non-hydrogen) atoms. The van der Waals surface area contributed by atoms with E-state index in [2.05, 4.69) is 196 Å². The molecule has 0 aliphatic carbocycles. The second-order valence-electron chi connectivity index (χ2n) is 13.2. The summed E-state index contributed by atoms with van der Waals surface area (Å²) in [5.41, 5.74) is 11.3. The Bertz CT molecular complexity index is 3090. The summed E-state index contributed by atoms with van der Waals surface area (Å²) in [6.45, 7) is 0. The second-order valence-corrected chi connectivity index (χ2v) is 13.2. The van der Waals surface area contributed by atoms with Gasteiger partial charge in [-0.15, -0.1) is 0 Å². The van der Waals surface area contributed by atoms with Gasteiger partial charge < -0.3 is 9.13 Å². The van der Waals surface area contributed by atoms with Crippen LogP contribution < -0.4 is 0 Å². The maximum Gasteiger partial charge on any atom is 0.138 e. The van der Waals surface area contributed by atoms with Gasteiger partial charge in [-0.25, -0.2) is 4.98 Å². The van der Waals surface area contributed by atoms with Gasteiger partial charge in [0, 0.05) is 49.3 Å². The zero-order chi connectivity index (χ0) is 33.5. The molecule has 0 atom stereocenters. The Labute approximate surface area is 293 Å². The monoisotopic (exact) mass is 650 g/mol. The normalized spacial score (nSPS) is 11.9. The number of para-hydroxylation sites is 5. The average molecular weight is 651 g/mol. The first-order chi connectivity index (χ1) is 25.3. The molecule has 0 saturated carbocycles. The maximum atomic E-state index is 5.38. The van der Waals surface area contributed by atoms with Crippen LogP contribution in [0.4, 0.5) is 0 Å². The Morgan fingerprint density at radius 1 is 0.294 bits per heavy atom. The van der Waals surface area contributed by atoms with Crippen molar-refractivity contribution in [1.82, 2.24) is 18.7 Å². The number of fused-ring (bicyclic) bond motifs is 9. The van der Waals surface area contributed by atoms with E-state index in [1.54, 1.807) is 0 Å². The van der Waals surface area contributed by atoms with Crippen molar-refractivity contribution < 1.29 is 0 Å². The quantitative estimate of drug-likeness (QED) is 0.186. The molecule has 7 aromatic carbocycles. The van der Waals surface area contributed by atoms with Crippen molar-refractivity contribution in [2.75, 3.05) is 0 Å². The van der Waals surface area contributed by atoms with Crippen LogP contribution in [0.3, 0.4) is 0 Å². The van der Waals surface area contributed by atoms with Gasteiger partial charge in [0.25, 0.3) is 0 Å². The Hall–Kier alpha value is -6.91. The fraction of sp³-hybridized carbons (Fsp3) is 0. The van der Waals surface area contributed by atoms with E-state index >= 15 is 0 Å². The number of nitrogens with zero attached hydrogens (tertiary/aromatic N) is 4. The fourth-order valence-electron chi connectivity index (χ4n) is 8.25. The topological polar surface area (TPSA) is 27.7 Å². The van der Waals surface area contributed by atoms with Gasteiger partial charge in [-0.1, -0.05) is 109 Å². The third-order valence-electron chi connectivity index (χ3n) is 10.4. The predicted molar refractivity (Wildman–Crippen MR) is 213 cm³/mol. The van der Waals surface area contributed by atoms with Crippen molar-refractivity contribution in [3.8, 4) is 28.5 Å². The third kappa shape index (κ3) is 4.11. The third-order valence-corrected chi connectivity index (χ3v) is 10.4. The first-order valence-electron chi connectivity index (χ1n) is 17.4. The van der Waals surface area contributed by atoms with Gasteiger partial charge in [0.15, 0.2) is 0 Å². The molecule has 0 aliphatic rings. The average Bonchev–Trinajstić information content (AvgIpc) is 3.83. The molecule has 4 heterocycles. The molecule has 0 spiro atoms. The van der Waals surface area contributed by atoms with Crippen LogP contribution in [0.15, 0.2) is 182 Å². The van der Waals surface area contributed by atoms with Crippen LogP contribution in [0.1, 0.15) is 0 Å². The zero-order valence-corrected chi connectivity index (χ0v) is 27.6. The standard InChI is InChI=1S/C47H30N4/c1-2-15-32(16-3-1)49-43-25-10-6-20-36(43)38-29-39-37-21-7-11-26-44(37)51(46(39)30-45(38)49)47-27-13-22-40(48-47)31-14-12-17-33(28-31)50-41-23-8-4-18-34(41)35-19-5-9-24-42(35)50/h1-30H. The van der Waals surface area contributed by atoms with Gasteiger partial charge in [0.1, 0.15) is 5.82 Å². The van der Waals surface area contributed by atoms with Gasteiger partial charge in [0.2, 0.25) is 0 Å². The molecule has 0 aliphatic heterocycles. The first-order valence-corrected chi connectivity index (χ1v) is 17.4. The van der Waals surface area contributed by atoms with Crippen LogP contribution in [0.2, 0.25) is 0 Å². The lowest BCUT2D eigenvalue weighted by molar-refractivity contribution is 1.08. The van der Waals surface area contributed by atoms with Crippen LogP contribution in [0.5, 0.6) is 0 Å². The summed E-state index contributed by atoms with van der Waals surface area (Å²) in [5.74, 6) is 0.891. The number of hydrogen-bond donors (Lipinski definition) is 0. The summed E-state index contributed by atoms with van der Waals surface area (Å²) >= 11 is 0. The Morgan fingerprint density at radius 2 is 0.765 bits per heavy atom. The van der Waals surface area contributed by atoms with E-state index in [1.165, 1.54) is 54.4 Å². The smallest absolute Gasteiger partial charge is 0.138 e. The fourth-order valence-corrected chi connectivity index (χ4v) is 8.25. The van der Waals surface area contributed by atoms with Crippen molar-refractivity contribution in [1.29, 1.82) is 0 Å². The van der Waals surface area contributed by atoms with Gasteiger partial charge in [-0.05, 0) is 72.8 Å². The summed E-state index contributed by atoms with van der Waals surface area (Å²) in [5, 5.41) is 7.43. The summed E-state index contributed by atoms with van der Waals surface area (Å²) in [4.78, 5) is 5.38. The molecule has 4 aromatic heterocycles. The van der Waals surface area contributed by atoms with Crippen molar-refractivity contribution in [2.24, 2.45) is 0 Å². The SMILES string of the molecule is c1ccc(-n2c3ccccc3c3cc4c5ccccc5n(-c5cccc(-c6cccc(-n7c8ccccc8c8ccccc87)c6)n5)c4cc32)cc1. The Kier molecular flexibility index (Phi) is 5.92. The molecule has 11 rings (SSSR count). The minimum atomic E-state index is 0.891. The van der Waals surface area contributed by atoms with Crippen molar-refractivity contribution in [3.05, 3.63) is 182 Å². The van der Waals surface area contributed by atoms with Gasteiger partial charge in [-0.3, -0.25) is 4.57 Å². The molecular formula is C47H30N4. The molecule has 11 aromatic rings. The largest absolute Gasteiger partial charge is 0.309 e. The van der Waals surface area contributed by atoms with Crippen molar-refractivity contribution >= 4 is 65.4 Å². The molecule has 0 unspecified atom stereocenters. The van der Waals surface area contributed by atoms with Crippen LogP contribution in [-0.2, 0) is 0 Å². The maximum absolute atomic E-state index is 5.38. The highest BCUT2D eigenvalue weighted by molar-refractivity contribution is 6.19.